The van der Waals surface area contributed by atoms with Crippen LogP contribution in [-0.4, -0.2) is 27.5 Å². The van der Waals surface area contributed by atoms with E-state index in [0.29, 0.717) is 17.5 Å². The summed E-state index contributed by atoms with van der Waals surface area (Å²) >= 11 is 0. The Morgan fingerprint density at radius 3 is 2.86 bits per heavy atom. The highest BCUT2D eigenvalue weighted by Gasteiger charge is 2.17. The number of pyridine rings is 1. The van der Waals surface area contributed by atoms with Gasteiger partial charge < -0.3 is 10.4 Å². The predicted octanol–water partition coefficient (Wildman–Crippen LogP) is 2.67. The minimum Gasteiger partial charge on any atom is -0.481 e. The van der Waals surface area contributed by atoms with Gasteiger partial charge in [-0.25, -0.2) is 4.98 Å². The van der Waals surface area contributed by atoms with Crippen molar-refractivity contribution >= 4 is 28.2 Å². The largest absolute Gasteiger partial charge is 0.481 e. The van der Waals surface area contributed by atoms with Crippen LogP contribution in [0.3, 0.4) is 0 Å². The maximum Gasteiger partial charge on any atom is 0.308 e. The number of nitrogens with zero attached hydrogens (tertiary/aromatic N) is 2. The van der Waals surface area contributed by atoms with Crippen LogP contribution in [0.2, 0.25) is 0 Å². The van der Waals surface area contributed by atoms with Crippen LogP contribution in [0.15, 0.2) is 30.5 Å². The van der Waals surface area contributed by atoms with Crippen LogP contribution in [0.4, 0.5) is 11.4 Å². The molecule has 1 atom stereocenters. The van der Waals surface area contributed by atoms with E-state index in [1.54, 1.807) is 25.1 Å². The third-order valence-electron chi connectivity index (χ3n) is 3.33. The van der Waals surface area contributed by atoms with Gasteiger partial charge in [-0.1, -0.05) is 19.1 Å². The average molecular weight is 289 g/mol. The number of carboxylic acid groups (broad SMARTS) is 1. The van der Waals surface area contributed by atoms with E-state index in [-0.39, 0.29) is 17.7 Å². The summed E-state index contributed by atoms with van der Waals surface area (Å²) in [4.78, 5) is 25.6. The Morgan fingerprint density at radius 1 is 1.48 bits per heavy atom. The van der Waals surface area contributed by atoms with Gasteiger partial charge in [0.2, 0.25) is 0 Å². The van der Waals surface area contributed by atoms with Crippen LogP contribution in [0.5, 0.6) is 0 Å². The van der Waals surface area contributed by atoms with Crippen LogP contribution in [0.25, 0.3) is 10.9 Å². The number of fused-ring (bicyclic) bond motifs is 1. The molecule has 0 amide bonds. The Morgan fingerprint density at radius 2 is 2.24 bits per heavy atom. The molecule has 2 N–H and O–H groups in total. The number of non-ortho nitro benzene ring substituents is 1. The fourth-order valence-electron chi connectivity index (χ4n) is 2.10. The number of carbonyl (C=O) groups is 1. The van der Waals surface area contributed by atoms with Crippen molar-refractivity contribution in [3.63, 3.8) is 0 Å². The number of nitro benzene ring substituents is 1. The molecule has 21 heavy (non-hydrogen) atoms. The number of anilines is 1. The molecule has 2 rings (SSSR count). The van der Waals surface area contributed by atoms with Crippen LogP contribution in [0, 0.1) is 16.0 Å². The summed E-state index contributed by atoms with van der Waals surface area (Å²) in [7, 11) is 0. The lowest BCUT2D eigenvalue weighted by Crippen LogP contribution is -2.22. The quantitative estimate of drug-likeness (QED) is 0.625. The fourth-order valence-corrected chi connectivity index (χ4v) is 2.10. The van der Waals surface area contributed by atoms with E-state index in [1.807, 2.05) is 0 Å². The van der Waals surface area contributed by atoms with Crippen LogP contribution in [-0.2, 0) is 4.79 Å². The van der Waals surface area contributed by atoms with Crippen molar-refractivity contribution < 1.29 is 14.8 Å². The van der Waals surface area contributed by atoms with Gasteiger partial charge in [-0.15, -0.1) is 0 Å². The van der Waals surface area contributed by atoms with Gasteiger partial charge in [0.05, 0.1) is 10.8 Å². The molecule has 0 aliphatic rings. The first-order valence-electron chi connectivity index (χ1n) is 6.53. The van der Waals surface area contributed by atoms with Gasteiger partial charge in [0.1, 0.15) is 5.52 Å². The van der Waals surface area contributed by atoms with E-state index in [1.165, 1.54) is 12.3 Å². The highest BCUT2D eigenvalue weighted by molar-refractivity contribution is 5.96. The SMILES string of the molecule is CCC(CNc1ccnc2c([N+](=O)[O-])cccc12)C(=O)O. The molecule has 1 heterocycles. The van der Waals surface area contributed by atoms with E-state index in [0.717, 1.165) is 0 Å². The highest BCUT2D eigenvalue weighted by Crippen LogP contribution is 2.28. The summed E-state index contributed by atoms with van der Waals surface area (Å²) in [5.74, 6) is -1.37. The van der Waals surface area contributed by atoms with E-state index >= 15 is 0 Å². The third kappa shape index (κ3) is 3.07. The lowest BCUT2D eigenvalue weighted by molar-refractivity contribution is -0.383. The normalized spacial score (nSPS) is 12.0. The Hall–Kier alpha value is -2.70. The standard InChI is InChI=1S/C14H15N3O4/c1-2-9(14(18)19)8-16-11-6-7-15-13-10(11)4-3-5-12(13)17(20)21/h3-7,9H,2,8H2,1H3,(H,15,16)(H,18,19). The molecule has 0 fully saturated rings. The molecule has 0 aliphatic heterocycles. The summed E-state index contributed by atoms with van der Waals surface area (Å²) < 4.78 is 0. The zero-order valence-corrected chi connectivity index (χ0v) is 11.4. The second kappa shape index (κ2) is 6.17. The number of nitrogens with one attached hydrogen (secondary N) is 1. The number of nitro groups is 1. The molecule has 7 heteroatoms. The molecule has 0 saturated carbocycles. The van der Waals surface area contributed by atoms with Gasteiger partial charge in [-0.2, -0.15) is 0 Å². The average Bonchev–Trinajstić information content (AvgIpc) is 2.46. The van der Waals surface area contributed by atoms with Gasteiger partial charge in [0.15, 0.2) is 0 Å². The maximum absolute atomic E-state index is 11.0. The first-order valence-corrected chi connectivity index (χ1v) is 6.53. The topological polar surface area (TPSA) is 105 Å². The minimum atomic E-state index is -0.866. The number of hydrogen-bond donors (Lipinski definition) is 2. The predicted molar refractivity (Wildman–Crippen MR) is 78.3 cm³/mol. The second-order valence-corrected chi connectivity index (χ2v) is 4.61. The van der Waals surface area contributed by atoms with Gasteiger partial charge in [0.25, 0.3) is 5.69 Å². The number of carboxylic acids is 1. The number of hydrogen-bond acceptors (Lipinski definition) is 5. The molecular weight excluding hydrogens is 274 g/mol. The molecule has 1 aromatic heterocycles. The van der Waals surface area contributed by atoms with Crippen LogP contribution >= 0.6 is 0 Å². The Balaban J connectivity index is 2.35. The molecule has 1 unspecified atom stereocenters. The van der Waals surface area contributed by atoms with E-state index in [2.05, 4.69) is 10.3 Å². The van der Waals surface area contributed by atoms with Crippen molar-refractivity contribution in [3.05, 3.63) is 40.6 Å². The van der Waals surface area contributed by atoms with Crippen molar-refractivity contribution in [2.45, 2.75) is 13.3 Å². The lowest BCUT2D eigenvalue weighted by atomic mass is 10.1. The number of benzene rings is 1. The first kappa shape index (κ1) is 14.7. The van der Waals surface area contributed by atoms with Gasteiger partial charge in [0, 0.05) is 29.9 Å². The van der Waals surface area contributed by atoms with E-state index in [4.69, 9.17) is 5.11 Å². The highest BCUT2D eigenvalue weighted by atomic mass is 16.6. The smallest absolute Gasteiger partial charge is 0.308 e. The van der Waals surface area contributed by atoms with E-state index < -0.39 is 16.8 Å². The third-order valence-corrected chi connectivity index (χ3v) is 3.33. The van der Waals surface area contributed by atoms with Crippen molar-refractivity contribution in [2.75, 3.05) is 11.9 Å². The molecule has 2 aromatic rings. The first-order chi connectivity index (χ1) is 10.0. The minimum absolute atomic E-state index is 0.0681. The van der Waals surface area contributed by atoms with Gasteiger partial charge in [-0.05, 0) is 12.5 Å². The van der Waals surface area contributed by atoms with Gasteiger partial charge >= 0.3 is 5.97 Å². The molecule has 0 bridgehead atoms. The summed E-state index contributed by atoms with van der Waals surface area (Å²) in [6.45, 7) is 2.06. The fraction of sp³-hybridized carbons (Fsp3) is 0.286. The van der Waals surface area contributed by atoms with Gasteiger partial charge in [-0.3, -0.25) is 14.9 Å². The Labute approximate surface area is 120 Å². The lowest BCUT2D eigenvalue weighted by Gasteiger charge is -2.13. The monoisotopic (exact) mass is 289 g/mol. The van der Waals surface area contributed by atoms with Crippen LogP contribution in [0.1, 0.15) is 13.3 Å². The summed E-state index contributed by atoms with van der Waals surface area (Å²) in [6, 6.07) is 6.38. The van der Waals surface area contributed by atoms with Crippen molar-refractivity contribution in [1.82, 2.24) is 4.98 Å². The number of rotatable bonds is 6. The van der Waals surface area contributed by atoms with Crippen LogP contribution < -0.4 is 5.32 Å². The zero-order chi connectivity index (χ0) is 15.4. The molecule has 1 aromatic carbocycles. The molecule has 0 spiro atoms. The van der Waals surface area contributed by atoms with Crippen molar-refractivity contribution in [3.8, 4) is 0 Å². The molecule has 0 radical (unpaired) electrons. The zero-order valence-electron chi connectivity index (χ0n) is 11.4. The van der Waals surface area contributed by atoms with Crippen molar-refractivity contribution in [2.24, 2.45) is 5.92 Å². The second-order valence-electron chi connectivity index (χ2n) is 4.61. The number of aromatic nitrogens is 1. The molecular formula is C14H15N3O4. The molecule has 0 saturated heterocycles. The molecule has 110 valence electrons. The summed E-state index contributed by atoms with van der Waals surface area (Å²) in [6.07, 6.45) is 1.98. The summed E-state index contributed by atoms with van der Waals surface area (Å²) in [5.41, 5.74) is 0.862. The Bertz CT molecular complexity index is 687. The Kier molecular flexibility index (Phi) is 4.32. The number of aliphatic carboxylic acids is 1. The van der Waals surface area contributed by atoms with E-state index in [9.17, 15) is 14.9 Å². The summed E-state index contributed by atoms with van der Waals surface area (Å²) in [5, 5.41) is 23.7. The molecule has 0 aliphatic carbocycles. The molecule has 7 nitrogen and oxygen atoms in total. The maximum atomic E-state index is 11.0. The number of para-hydroxylation sites is 1. The van der Waals surface area contributed by atoms with Crippen molar-refractivity contribution in [1.29, 1.82) is 0 Å².